The van der Waals surface area contributed by atoms with Gasteiger partial charge in [0.15, 0.2) is 6.10 Å². The first-order chi connectivity index (χ1) is 29.1. The third-order valence-corrected chi connectivity index (χ3v) is 11.0. The minimum Gasteiger partial charge on any atom is -0.544 e. The zero-order chi connectivity index (χ0) is 44.2. The average molecular weight is 844 g/mol. The van der Waals surface area contributed by atoms with Crippen molar-refractivity contribution in [1.82, 2.24) is 0 Å². The Balaban J connectivity index is 4.25. The van der Waals surface area contributed by atoms with Crippen molar-refractivity contribution in [2.45, 2.75) is 225 Å². The molecule has 0 fully saturated rings. The van der Waals surface area contributed by atoms with Gasteiger partial charge >= 0.3 is 11.9 Å². The van der Waals surface area contributed by atoms with Crippen LogP contribution in [-0.4, -0.2) is 75.5 Å². The largest absolute Gasteiger partial charge is 0.544 e. The van der Waals surface area contributed by atoms with E-state index in [4.69, 9.17) is 14.2 Å². The quantitative estimate of drug-likeness (QED) is 0.0260. The highest BCUT2D eigenvalue weighted by Crippen LogP contribution is 2.15. The van der Waals surface area contributed by atoms with Gasteiger partial charge in [-0.05, 0) is 51.4 Å². The predicted octanol–water partition coefficient (Wildman–Crippen LogP) is 12.6. The van der Waals surface area contributed by atoms with Crippen molar-refractivity contribution in [3.63, 3.8) is 0 Å². The van der Waals surface area contributed by atoms with Crippen LogP contribution in [0.25, 0.3) is 0 Å². The Labute approximate surface area is 369 Å². The second-order valence-corrected chi connectivity index (χ2v) is 17.7. The molecule has 0 N–H and O–H groups in total. The maximum atomic E-state index is 12.8. The Morgan fingerprint density at radius 1 is 0.517 bits per heavy atom. The van der Waals surface area contributed by atoms with Crippen molar-refractivity contribution in [2.75, 3.05) is 41.0 Å². The van der Waals surface area contributed by atoms with Gasteiger partial charge in [-0.3, -0.25) is 9.59 Å². The molecule has 0 aromatic heterocycles. The first-order valence-corrected chi connectivity index (χ1v) is 24.7. The van der Waals surface area contributed by atoms with Crippen LogP contribution in [0.3, 0.4) is 0 Å². The van der Waals surface area contributed by atoms with Gasteiger partial charge in [0, 0.05) is 19.3 Å². The van der Waals surface area contributed by atoms with Crippen LogP contribution >= 0.6 is 0 Å². The number of hydrogen-bond acceptors (Lipinski definition) is 7. The van der Waals surface area contributed by atoms with E-state index in [0.29, 0.717) is 12.8 Å². The SMILES string of the molecule is CC/C=C/C/C=C/C/C=C/C/C=C/CCCCCCCCCCCC(=O)OC(COCCC(C(=O)[O-])[N+](C)(C)C)COC(=O)CCCCCCCCCCCCCCCC. The van der Waals surface area contributed by atoms with Crippen LogP contribution in [0, 0.1) is 0 Å². The van der Waals surface area contributed by atoms with Gasteiger partial charge in [0.25, 0.3) is 0 Å². The number of ether oxygens (including phenoxy) is 3. The van der Waals surface area contributed by atoms with Gasteiger partial charge < -0.3 is 28.6 Å². The standard InChI is InChI=1S/C52H93NO7/c1-6-8-10-12-14-16-18-20-22-23-24-25-26-27-28-29-31-33-35-37-39-41-43-51(55)60-48(46-58-45-44-49(52(56)57)53(3,4)5)47-59-50(54)42-40-38-36-34-32-30-21-19-17-15-13-11-9-7-2/h8,10,14,16,20,22,24-25,48-49H,6-7,9,11-13,15,17-19,21,23,26-47H2,1-5H3/b10-8+,16-14+,22-20+,25-24+. The van der Waals surface area contributed by atoms with Crippen molar-refractivity contribution in [3.8, 4) is 0 Å². The van der Waals surface area contributed by atoms with E-state index in [1.54, 1.807) is 21.1 Å². The number of aliphatic carboxylic acids is 1. The van der Waals surface area contributed by atoms with E-state index in [1.807, 2.05) is 0 Å². The number of carbonyl (C=O) groups excluding carboxylic acids is 3. The van der Waals surface area contributed by atoms with Crippen LogP contribution in [0.5, 0.6) is 0 Å². The molecule has 8 heteroatoms. The number of quaternary nitrogens is 1. The molecule has 0 aliphatic carbocycles. The van der Waals surface area contributed by atoms with Gasteiger partial charge in [0.05, 0.1) is 40.3 Å². The fourth-order valence-electron chi connectivity index (χ4n) is 7.18. The van der Waals surface area contributed by atoms with E-state index in [2.05, 4.69) is 62.5 Å². The lowest BCUT2D eigenvalue weighted by molar-refractivity contribution is -0.889. The molecule has 0 radical (unpaired) electrons. The lowest BCUT2D eigenvalue weighted by atomic mass is 10.0. The average Bonchev–Trinajstić information content (AvgIpc) is 3.21. The smallest absolute Gasteiger partial charge is 0.306 e. The molecule has 0 amide bonds. The zero-order valence-electron chi connectivity index (χ0n) is 39.6. The number of carboxylic acids is 1. The number of esters is 2. The van der Waals surface area contributed by atoms with Gasteiger partial charge in [-0.25, -0.2) is 0 Å². The number of hydrogen-bond donors (Lipinski definition) is 0. The number of carbonyl (C=O) groups is 3. The Kier molecular flexibility index (Phi) is 41.0. The Bertz CT molecular complexity index is 1120. The summed E-state index contributed by atoms with van der Waals surface area (Å²) in [6, 6.07) is -0.726. The normalized spacial score (nSPS) is 13.3. The number of likely N-dealkylation sites (N-methyl/N-ethyl adjacent to an activating group) is 1. The number of allylic oxidation sites excluding steroid dienone is 8. The number of nitrogens with zero attached hydrogens (tertiary/aromatic N) is 1. The summed E-state index contributed by atoms with van der Waals surface area (Å²) in [6.07, 6.45) is 51.3. The van der Waals surface area contributed by atoms with Crippen LogP contribution in [0.15, 0.2) is 48.6 Å². The maximum absolute atomic E-state index is 12.8. The molecule has 60 heavy (non-hydrogen) atoms. The third-order valence-electron chi connectivity index (χ3n) is 11.0. The van der Waals surface area contributed by atoms with Gasteiger partial charge in [-0.1, -0.05) is 191 Å². The molecule has 0 spiro atoms. The van der Waals surface area contributed by atoms with Crippen molar-refractivity contribution in [3.05, 3.63) is 48.6 Å². The molecule has 0 aromatic carbocycles. The molecule has 2 unspecified atom stereocenters. The molecule has 2 atom stereocenters. The van der Waals surface area contributed by atoms with Crippen LogP contribution in [0.1, 0.15) is 213 Å². The lowest BCUT2D eigenvalue weighted by Gasteiger charge is -2.34. The molecule has 0 aliphatic rings. The van der Waals surface area contributed by atoms with Crippen molar-refractivity contribution in [1.29, 1.82) is 0 Å². The van der Waals surface area contributed by atoms with Crippen LogP contribution < -0.4 is 5.11 Å². The number of rotatable bonds is 44. The molecule has 0 rings (SSSR count). The second kappa shape index (κ2) is 43.0. The van der Waals surface area contributed by atoms with Crippen molar-refractivity contribution < 1.29 is 38.2 Å². The summed E-state index contributed by atoms with van der Waals surface area (Å²) >= 11 is 0. The maximum Gasteiger partial charge on any atom is 0.306 e. The topological polar surface area (TPSA) is 102 Å². The van der Waals surface area contributed by atoms with Crippen LogP contribution in [-0.2, 0) is 28.6 Å². The molecule has 0 heterocycles. The minimum atomic E-state index is -1.13. The molecule has 0 saturated heterocycles. The summed E-state index contributed by atoms with van der Waals surface area (Å²) in [4.78, 5) is 37.0. The minimum absolute atomic E-state index is 0.0399. The van der Waals surface area contributed by atoms with E-state index >= 15 is 0 Å². The van der Waals surface area contributed by atoms with E-state index < -0.39 is 18.1 Å². The van der Waals surface area contributed by atoms with Crippen molar-refractivity contribution >= 4 is 17.9 Å². The Morgan fingerprint density at radius 3 is 1.38 bits per heavy atom. The molecule has 0 aromatic rings. The fraction of sp³-hybridized carbons (Fsp3) is 0.788. The zero-order valence-corrected chi connectivity index (χ0v) is 39.6. The van der Waals surface area contributed by atoms with E-state index in [-0.39, 0.29) is 42.7 Å². The highest BCUT2D eigenvalue weighted by atomic mass is 16.6. The van der Waals surface area contributed by atoms with Gasteiger partial charge in [-0.15, -0.1) is 0 Å². The van der Waals surface area contributed by atoms with Crippen LogP contribution in [0.2, 0.25) is 0 Å². The lowest BCUT2D eigenvalue weighted by Crippen LogP contribution is -2.55. The molecular formula is C52H93NO7. The molecule has 0 bridgehead atoms. The number of carboxylic acid groups (broad SMARTS) is 1. The van der Waals surface area contributed by atoms with Gasteiger partial charge in [-0.2, -0.15) is 0 Å². The Morgan fingerprint density at radius 2 is 0.933 bits per heavy atom. The predicted molar refractivity (Wildman–Crippen MR) is 250 cm³/mol. The summed E-state index contributed by atoms with van der Waals surface area (Å²) in [6.45, 7) is 4.56. The summed E-state index contributed by atoms with van der Waals surface area (Å²) in [5.74, 6) is -1.73. The van der Waals surface area contributed by atoms with Crippen molar-refractivity contribution in [2.24, 2.45) is 0 Å². The molecule has 8 nitrogen and oxygen atoms in total. The van der Waals surface area contributed by atoms with Gasteiger partial charge in [0.1, 0.15) is 12.6 Å². The molecule has 0 saturated carbocycles. The molecule has 348 valence electrons. The van der Waals surface area contributed by atoms with E-state index in [9.17, 15) is 19.5 Å². The monoisotopic (exact) mass is 844 g/mol. The summed E-state index contributed by atoms with van der Waals surface area (Å²) in [5.41, 5.74) is 0. The van der Waals surface area contributed by atoms with Crippen LogP contribution in [0.4, 0.5) is 0 Å². The highest BCUT2D eigenvalue weighted by Gasteiger charge is 2.25. The summed E-state index contributed by atoms with van der Waals surface area (Å²) < 4.78 is 17.2. The molecule has 0 aliphatic heterocycles. The van der Waals surface area contributed by atoms with E-state index in [0.717, 1.165) is 70.6 Å². The number of unbranched alkanes of at least 4 members (excludes halogenated alkanes) is 22. The van der Waals surface area contributed by atoms with E-state index in [1.165, 1.54) is 109 Å². The summed E-state index contributed by atoms with van der Waals surface area (Å²) in [7, 11) is 5.41. The molecular weight excluding hydrogens is 751 g/mol. The fourth-order valence-corrected chi connectivity index (χ4v) is 7.18. The highest BCUT2D eigenvalue weighted by molar-refractivity contribution is 5.70. The second-order valence-electron chi connectivity index (χ2n) is 17.7. The van der Waals surface area contributed by atoms with Gasteiger partial charge in [0.2, 0.25) is 0 Å². The Hall–Kier alpha value is -2.71. The first kappa shape index (κ1) is 57.3. The third kappa shape index (κ3) is 40.7. The first-order valence-electron chi connectivity index (χ1n) is 24.7. The summed E-state index contributed by atoms with van der Waals surface area (Å²) in [5, 5.41) is 11.6.